The quantitative estimate of drug-likeness (QED) is 0.850. The van der Waals surface area contributed by atoms with Gasteiger partial charge in [-0.2, -0.15) is 0 Å². The second kappa shape index (κ2) is 7.21. The van der Waals surface area contributed by atoms with Crippen molar-refractivity contribution in [2.24, 2.45) is 0 Å². The average Bonchev–Trinajstić information content (AvgIpc) is 3.09. The number of aromatic nitrogens is 1. The van der Waals surface area contributed by atoms with E-state index in [0.717, 1.165) is 16.5 Å². The molecule has 2 heterocycles. The number of aliphatic hydroxyl groups is 1. The second-order valence-corrected chi connectivity index (χ2v) is 5.21. The Balaban J connectivity index is 1.97. The highest BCUT2D eigenvalue weighted by molar-refractivity contribution is 7.13. The Kier molecular flexibility index (Phi) is 5.31. The molecule has 0 aliphatic rings. The summed E-state index contributed by atoms with van der Waals surface area (Å²) in [5.74, 6) is 0.763. The Morgan fingerprint density at radius 2 is 2.40 bits per heavy atom. The Morgan fingerprint density at radius 1 is 1.55 bits per heavy atom. The third-order valence-corrected chi connectivity index (χ3v) is 3.84. The smallest absolute Gasteiger partial charge is 0.228 e. The zero-order valence-corrected chi connectivity index (χ0v) is 12.2. The lowest BCUT2D eigenvalue weighted by Crippen LogP contribution is -2.33. The predicted molar refractivity (Wildman–Crippen MR) is 77.5 cm³/mol. The number of furan rings is 1. The molecule has 0 saturated carbocycles. The molecule has 2 aromatic rings. The van der Waals surface area contributed by atoms with Crippen LogP contribution in [0.2, 0.25) is 0 Å². The highest BCUT2D eigenvalue weighted by Crippen LogP contribution is 2.24. The van der Waals surface area contributed by atoms with E-state index in [0.29, 0.717) is 19.5 Å². The van der Waals surface area contributed by atoms with Gasteiger partial charge in [0, 0.05) is 25.1 Å². The molecule has 20 heavy (non-hydrogen) atoms. The van der Waals surface area contributed by atoms with Crippen molar-refractivity contribution < 1.29 is 14.3 Å². The summed E-state index contributed by atoms with van der Waals surface area (Å²) in [5.41, 5.74) is 0.758. The topological polar surface area (TPSA) is 66.6 Å². The SMILES string of the molecule is CCN(CCCO)C(=O)Cc1csc(-c2ccco2)n1. The van der Waals surface area contributed by atoms with Gasteiger partial charge in [-0.3, -0.25) is 4.79 Å². The van der Waals surface area contributed by atoms with E-state index in [2.05, 4.69) is 4.98 Å². The molecule has 0 fully saturated rings. The summed E-state index contributed by atoms with van der Waals surface area (Å²) in [6.45, 7) is 3.27. The number of likely N-dealkylation sites (N-methyl/N-ethyl adjacent to an activating group) is 1. The van der Waals surface area contributed by atoms with Crippen LogP contribution < -0.4 is 0 Å². The Labute approximate surface area is 121 Å². The summed E-state index contributed by atoms with van der Waals surface area (Å²) in [4.78, 5) is 18.3. The molecule has 0 aliphatic heterocycles. The third kappa shape index (κ3) is 3.68. The zero-order valence-electron chi connectivity index (χ0n) is 11.4. The fourth-order valence-corrected chi connectivity index (χ4v) is 2.68. The predicted octanol–water partition coefficient (Wildman–Crippen LogP) is 2.18. The summed E-state index contributed by atoms with van der Waals surface area (Å²) in [5, 5.41) is 11.5. The van der Waals surface area contributed by atoms with Crippen molar-refractivity contribution in [2.75, 3.05) is 19.7 Å². The number of rotatable bonds is 7. The second-order valence-electron chi connectivity index (χ2n) is 4.35. The summed E-state index contributed by atoms with van der Waals surface area (Å²) in [7, 11) is 0. The Bertz CT molecular complexity index is 536. The average molecular weight is 294 g/mol. The lowest BCUT2D eigenvalue weighted by atomic mass is 10.3. The van der Waals surface area contributed by atoms with Crippen LogP contribution in [0.15, 0.2) is 28.2 Å². The normalized spacial score (nSPS) is 10.7. The number of thiazole rings is 1. The van der Waals surface area contributed by atoms with Crippen LogP contribution in [0.1, 0.15) is 19.0 Å². The van der Waals surface area contributed by atoms with Crippen LogP contribution in [0.3, 0.4) is 0 Å². The van der Waals surface area contributed by atoms with E-state index in [-0.39, 0.29) is 18.9 Å². The van der Waals surface area contributed by atoms with Crippen molar-refractivity contribution >= 4 is 17.2 Å². The molecule has 0 aromatic carbocycles. The molecule has 6 heteroatoms. The minimum absolute atomic E-state index is 0.0391. The zero-order chi connectivity index (χ0) is 14.4. The monoisotopic (exact) mass is 294 g/mol. The lowest BCUT2D eigenvalue weighted by molar-refractivity contribution is -0.130. The molecule has 0 aliphatic carbocycles. The molecule has 2 aromatic heterocycles. The molecule has 0 bridgehead atoms. The first-order chi connectivity index (χ1) is 9.74. The van der Waals surface area contributed by atoms with Gasteiger partial charge in [0.1, 0.15) is 0 Å². The standard InChI is InChI=1S/C14H18N2O3S/c1-2-16(6-4-7-17)13(18)9-11-10-20-14(15-11)12-5-3-8-19-12/h3,5,8,10,17H,2,4,6-7,9H2,1H3. The van der Waals surface area contributed by atoms with Crippen LogP contribution in [0.5, 0.6) is 0 Å². The van der Waals surface area contributed by atoms with Crippen molar-refractivity contribution in [3.05, 3.63) is 29.5 Å². The third-order valence-electron chi connectivity index (χ3n) is 2.94. The maximum atomic E-state index is 12.1. The van der Waals surface area contributed by atoms with Gasteiger partial charge in [-0.25, -0.2) is 4.98 Å². The number of carbonyl (C=O) groups excluding carboxylic acids is 1. The van der Waals surface area contributed by atoms with E-state index in [9.17, 15) is 4.79 Å². The summed E-state index contributed by atoms with van der Waals surface area (Å²) >= 11 is 1.47. The number of hydrogen-bond acceptors (Lipinski definition) is 5. The van der Waals surface area contributed by atoms with Gasteiger partial charge in [-0.15, -0.1) is 11.3 Å². The van der Waals surface area contributed by atoms with Gasteiger partial charge in [0.15, 0.2) is 10.8 Å². The number of nitrogens with zero attached hydrogens (tertiary/aromatic N) is 2. The minimum atomic E-state index is 0.0391. The number of hydrogen-bond donors (Lipinski definition) is 1. The first-order valence-electron chi connectivity index (χ1n) is 6.61. The molecule has 0 spiro atoms. The molecular formula is C14H18N2O3S. The maximum Gasteiger partial charge on any atom is 0.228 e. The van der Waals surface area contributed by atoms with E-state index in [1.54, 1.807) is 11.2 Å². The van der Waals surface area contributed by atoms with Crippen LogP contribution in [0.4, 0.5) is 0 Å². The summed E-state index contributed by atoms with van der Waals surface area (Å²) in [6, 6.07) is 3.67. The van der Waals surface area contributed by atoms with Crippen LogP contribution in [0, 0.1) is 0 Å². The van der Waals surface area contributed by atoms with Crippen LogP contribution in [-0.2, 0) is 11.2 Å². The Morgan fingerprint density at radius 3 is 3.05 bits per heavy atom. The molecule has 0 saturated heterocycles. The molecule has 5 nitrogen and oxygen atoms in total. The largest absolute Gasteiger partial charge is 0.462 e. The van der Waals surface area contributed by atoms with Gasteiger partial charge in [-0.05, 0) is 25.5 Å². The molecule has 2 rings (SSSR count). The van der Waals surface area contributed by atoms with Crippen LogP contribution >= 0.6 is 11.3 Å². The van der Waals surface area contributed by atoms with E-state index >= 15 is 0 Å². The van der Waals surface area contributed by atoms with Gasteiger partial charge >= 0.3 is 0 Å². The van der Waals surface area contributed by atoms with Gasteiger partial charge < -0.3 is 14.4 Å². The van der Waals surface area contributed by atoms with Crippen molar-refractivity contribution in [3.63, 3.8) is 0 Å². The molecule has 0 radical (unpaired) electrons. The first kappa shape index (κ1) is 14.7. The molecule has 1 amide bonds. The van der Waals surface area contributed by atoms with Gasteiger partial charge in [0.2, 0.25) is 5.91 Å². The first-order valence-corrected chi connectivity index (χ1v) is 7.49. The van der Waals surface area contributed by atoms with Gasteiger partial charge in [0.25, 0.3) is 0 Å². The summed E-state index contributed by atoms with van der Waals surface area (Å²) < 4.78 is 5.28. The molecule has 108 valence electrons. The van der Waals surface area contributed by atoms with Crippen molar-refractivity contribution in [3.8, 4) is 10.8 Å². The highest BCUT2D eigenvalue weighted by atomic mass is 32.1. The molecule has 1 N–H and O–H groups in total. The van der Waals surface area contributed by atoms with Crippen molar-refractivity contribution in [1.82, 2.24) is 9.88 Å². The van der Waals surface area contributed by atoms with E-state index in [4.69, 9.17) is 9.52 Å². The fraction of sp³-hybridized carbons (Fsp3) is 0.429. The maximum absolute atomic E-state index is 12.1. The van der Waals surface area contributed by atoms with Crippen LogP contribution in [-0.4, -0.2) is 40.6 Å². The molecular weight excluding hydrogens is 276 g/mol. The summed E-state index contributed by atoms with van der Waals surface area (Å²) in [6.07, 6.45) is 2.50. The number of aliphatic hydroxyl groups excluding tert-OH is 1. The van der Waals surface area contributed by atoms with Crippen LogP contribution in [0.25, 0.3) is 10.8 Å². The van der Waals surface area contributed by atoms with E-state index in [1.165, 1.54) is 11.3 Å². The molecule has 0 atom stereocenters. The van der Waals surface area contributed by atoms with Gasteiger partial charge in [-0.1, -0.05) is 0 Å². The highest BCUT2D eigenvalue weighted by Gasteiger charge is 2.15. The van der Waals surface area contributed by atoms with Gasteiger partial charge in [0.05, 0.1) is 18.4 Å². The lowest BCUT2D eigenvalue weighted by Gasteiger charge is -2.19. The number of amides is 1. The minimum Gasteiger partial charge on any atom is -0.462 e. The van der Waals surface area contributed by atoms with Crippen molar-refractivity contribution in [1.29, 1.82) is 0 Å². The Hall–Kier alpha value is -1.66. The fourth-order valence-electron chi connectivity index (χ4n) is 1.89. The molecule has 0 unspecified atom stereocenters. The van der Waals surface area contributed by atoms with Crippen molar-refractivity contribution in [2.45, 2.75) is 19.8 Å². The van der Waals surface area contributed by atoms with E-state index in [1.807, 2.05) is 24.4 Å². The van der Waals surface area contributed by atoms with E-state index < -0.39 is 0 Å². The number of carbonyl (C=O) groups is 1.